The van der Waals surface area contributed by atoms with E-state index < -0.39 is 9.84 Å². The highest BCUT2D eigenvalue weighted by Gasteiger charge is 2.19. The number of hydrogen-bond acceptors (Lipinski definition) is 9. The molecule has 5 rings (SSSR count). The molecule has 2 N–H and O–H groups in total. The Morgan fingerprint density at radius 1 is 1.11 bits per heavy atom. The molecule has 0 amide bonds. The minimum Gasteiger partial charge on any atom is -0.436 e. The molecular weight excluding hydrogens is 500 g/mol. The third-order valence-corrected chi connectivity index (χ3v) is 8.42. The Balaban J connectivity index is 1.49. The van der Waals surface area contributed by atoms with Crippen LogP contribution >= 0.6 is 0 Å². The van der Waals surface area contributed by atoms with Gasteiger partial charge in [0, 0.05) is 24.2 Å². The summed E-state index contributed by atoms with van der Waals surface area (Å²) in [6.07, 6.45) is 6.09. The summed E-state index contributed by atoms with van der Waals surface area (Å²) in [5.74, 6) is 1.63. The van der Waals surface area contributed by atoms with E-state index in [0.29, 0.717) is 35.3 Å². The van der Waals surface area contributed by atoms with Crippen LogP contribution in [-0.2, 0) is 15.6 Å². The number of rotatable bonds is 9. The van der Waals surface area contributed by atoms with E-state index in [1.807, 2.05) is 56.3 Å². The highest BCUT2D eigenvalue weighted by Crippen LogP contribution is 2.37. The molecule has 2 aromatic carbocycles. The molecule has 4 aromatic rings. The van der Waals surface area contributed by atoms with E-state index in [-0.39, 0.29) is 17.5 Å². The van der Waals surface area contributed by atoms with Crippen molar-refractivity contribution < 1.29 is 13.2 Å². The molecule has 38 heavy (non-hydrogen) atoms. The molecule has 1 fully saturated rings. The third kappa shape index (κ3) is 5.92. The second kappa shape index (κ2) is 11.4. The van der Waals surface area contributed by atoms with Crippen LogP contribution in [0.2, 0.25) is 0 Å². The third-order valence-electron chi connectivity index (χ3n) is 6.64. The van der Waals surface area contributed by atoms with Crippen molar-refractivity contribution in [1.29, 1.82) is 0 Å². The predicted molar refractivity (Wildman–Crippen MR) is 149 cm³/mol. The van der Waals surface area contributed by atoms with Crippen molar-refractivity contribution in [2.75, 3.05) is 24.2 Å². The summed E-state index contributed by atoms with van der Waals surface area (Å²) in [6.45, 7) is 5.74. The van der Waals surface area contributed by atoms with Crippen LogP contribution in [0.5, 0.6) is 11.6 Å². The van der Waals surface area contributed by atoms with Gasteiger partial charge in [0.15, 0.2) is 9.84 Å². The highest BCUT2D eigenvalue weighted by atomic mass is 32.2. The maximum Gasteiger partial charge on any atom is 0.248 e. The van der Waals surface area contributed by atoms with Crippen LogP contribution in [0.3, 0.4) is 0 Å². The molecule has 0 saturated carbocycles. The smallest absolute Gasteiger partial charge is 0.248 e. The number of benzene rings is 2. The molecule has 1 saturated heterocycles. The molecule has 0 unspecified atom stereocenters. The van der Waals surface area contributed by atoms with Crippen molar-refractivity contribution in [2.45, 2.75) is 44.9 Å². The molecule has 1 aliphatic heterocycles. The summed E-state index contributed by atoms with van der Waals surface area (Å²) in [5, 5.41) is 16.8. The number of fused-ring (bicyclic) bond motifs is 1. The molecule has 198 valence electrons. The SMILES string of the molecule is CCCS(=O)(=O)Cc1cccc2c(Oc3nnccc3-c3ccnc(N[C@H]4CCCNC4)n3)c(C)ccc12. The number of aromatic nitrogens is 4. The minimum atomic E-state index is -3.20. The van der Waals surface area contributed by atoms with Crippen molar-refractivity contribution in [3.63, 3.8) is 0 Å². The van der Waals surface area contributed by atoms with Crippen LogP contribution in [0.15, 0.2) is 54.9 Å². The summed E-state index contributed by atoms with van der Waals surface area (Å²) in [6, 6.07) is 13.5. The van der Waals surface area contributed by atoms with Crippen LogP contribution in [0.4, 0.5) is 5.95 Å². The second-order valence-electron chi connectivity index (χ2n) is 9.62. The standard InChI is InChI=1S/C28H32N6O3S/c1-3-16-38(35,36)18-20-6-4-8-23-22(20)10-9-19(2)26(23)37-27-24(11-15-31-34-27)25-12-14-30-28(33-25)32-21-7-5-13-29-17-21/h4,6,8-12,14-15,21,29H,3,5,7,13,16-18H2,1-2H3,(H,30,32,33)/t21-/m0/s1. The molecule has 0 spiro atoms. The van der Waals surface area contributed by atoms with Crippen LogP contribution < -0.4 is 15.4 Å². The first-order chi connectivity index (χ1) is 18.4. The first kappa shape index (κ1) is 26.0. The number of ether oxygens (including phenoxy) is 1. The number of piperidine rings is 1. The molecule has 9 nitrogen and oxygen atoms in total. The molecule has 0 bridgehead atoms. The molecule has 0 aliphatic carbocycles. The molecule has 0 radical (unpaired) electrons. The van der Waals surface area contributed by atoms with Crippen LogP contribution in [0, 0.1) is 6.92 Å². The van der Waals surface area contributed by atoms with Crippen molar-refractivity contribution in [3.05, 3.63) is 66.0 Å². The van der Waals surface area contributed by atoms with Gasteiger partial charge in [-0.25, -0.2) is 18.4 Å². The number of anilines is 1. The fourth-order valence-electron chi connectivity index (χ4n) is 4.81. The van der Waals surface area contributed by atoms with Gasteiger partial charge in [0.2, 0.25) is 11.8 Å². The van der Waals surface area contributed by atoms with Gasteiger partial charge in [-0.15, -0.1) is 5.10 Å². The number of sulfone groups is 1. The van der Waals surface area contributed by atoms with Crippen molar-refractivity contribution in [3.8, 4) is 22.9 Å². The van der Waals surface area contributed by atoms with E-state index in [4.69, 9.17) is 9.72 Å². The molecule has 3 heterocycles. The zero-order valence-corrected chi connectivity index (χ0v) is 22.5. The van der Waals surface area contributed by atoms with E-state index in [1.54, 1.807) is 12.4 Å². The summed E-state index contributed by atoms with van der Waals surface area (Å²) in [7, 11) is -3.20. The average Bonchev–Trinajstić information content (AvgIpc) is 2.91. The van der Waals surface area contributed by atoms with Crippen molar-refractivity contribution in [1.82, 2.24) is 25.5 Å². The highest BCUT2D eigenvalue weighted by molar-refractivity contribution is 7.90. The lowest BCUT2D eigenvalue weighted by Gasteiger charge is -2.23. The fraction of sp³-hybridized carbons (Fsp3) is 0.357. The maximum atomic E-state index is 12.6. The lowest BCUT2D eigenvalue weighted by molar-refractivity contribution is 0.459. The Morgan fingerprint density at radius 2 is 2.00 bits per heavy atom. The lowest BCUT2D eigenvalue weighted by atomic mass is 10.0. The molecule has 1 aliphatic rings. The van der Waals surface area contributed by atoms with Crippen molar-refractivity contribution in [2.24, 2.45) is 0 Å². The first-order valence-electron chi connectivity index (χ1n) is 13.0. The Hall–Kier alpha value is -3.63. The van der Waals surface area contributed by atoms with Gasteiger partial charge in [-0.05, 0) is 61.4 Å². The van der Waals surface area contributed by atoms with E-state index >= 15 is 0 Å². The predicted octanol–water partition coefficient (Wildman–Crippen LogP) is 4.68. The van der Waals surface area contributed by atoms with Crippen LogP contribution in [0.1, 0.15) is 37.3 Å². The van der Waals surface area contributed by atoms with Crippen LogP contribution in [0.25, 0.3) is 22.0 Å². The molecular formula is C28H32N6O3S. The Morgan fingerprint density at radius 3 is 2.82 bits per heavy atom. The summed E-state index contributed by atoms with van der Waals surface area (Å²) in [4.78, 5) is 9.14. The Labute approximate surface area is 223 Å². The van der Waals surface area contributed by atoms with Gasteiger partial charge in [0.25, 0.3) is 0 Å². The van der Waals surface area contributed by atoms with Gasteiger partial charge >= 0.3 is 0 Å². The van der Waals surface area contributed by atoms with Gasteiger partial charge in [-0.2, -0.15) is 5.10 Å². The van der Waals surface area contributed by atoms with Gasteiger partial charge in [0.1, 0.15) is 5.75 Å². The number of aryl methyl sites for hydroxylation is 1. The number of nitrogens with one attached hydrogen (secondary N) is 2. The second-order valence-corrected chi connectivity index (χ2v) is 11.8. The quantitative estimate of drug-likeness (QED) is 0.317. The van der Waals surface area contributed by atoms with Crippen LogP contribution in [-0.4, -0.2) is 53.5 Å². The van der Waals surface area contributed by atoms with E-state index in [9.17, 15) is 8.42 Å². The van der Waals surface area contributed by atoms with Gasteiger partial charge in [-0.3, -0.25) is 0 Å². The molecule has 2 aromatic heterocycles. The molecule has 10 heteroatoms. The van der Waals surface area contributed by atoms with Crippen molar-refractivity contribution >= 4 is 26.6 Å². The fourth-order valence-corrected chi connectivity index (χ4v) is 6.30. The van der Waals surface area contributed by atoms with E-state index in [2.05, 4.69) is 25.8 Å². The number of hydrogen-bond donors (Lipinski definition) is 2. The zero-order valence-electron chi connectivity index (χ0n) is 21.6. The lowest BCUT2D eigenvalue weighted by Crippen LogP contribution is -2.38. The monoisotopic (exact) mass is 532 g/mol. The van der Waals surface area contributed by atoms with E-state index in [0.717, 1.165) is 47.8 Å². The maximum absolute atomic E-state index is 12.6. The minimum absolute atomic E-state index is 0.00962. The zero-order chi connectivity index (χ0) is 26.5. The summed E-state index contributed by atoms with van der Waals surface area (Å²) < 4.78 is 31.6. The Kier molecular flexibility index (Phi) is 7.80. The average molecular weight is 533 g/mol. The first-order valence-corrected chi connectivity index (χ1v) is 14.8. The largest absolute Gasteiger partial charge is 0.436 e. The van der Waals surface area contributed by atoms with Gasteiger partial charge < -0.3 is 15.4 Å². The normalized spacial score (nSPS) is 15.9. The topological polar surface area (TPSA) is 119 Å². The number of nitrogens with zero attached hydrogens (tertiary/aromatic N) is 4. The van der Waals surface area contributed by atoms with E-state index in [1.165, 1.54) is 0 Å². The van der Waals surface area contributed by atoms with Gasteiger partial charge in [0.05, 0.1) is 29.0 Å². The van der Waals surface area contributed by atoms with Gasteiger partial charge in [-0.1, -0.05) is 37.3 Å². The summed E-state index contributed by atoms with van der Waals surface area (Å²) in [5.41, 5.74) is 3.01. The Bertz CT molecular complexity index is 1540. The summed E-state index contributed by atoms with van der Waals surface area (Å²) >= 11 is 0. The molecule has 1 atom stereocenters.